The summed E-state index contributed by atoms with van der Waals surface area (Å²) < 4.78 is 0. The van der Waals surface area contributed by atoms with Crippen molar-refractivity contribution in [2.45, 2.75) is 26.3 Å². The van der Waals surface area contributed by atoms with Gasteiger partial charge in [-0.15, -0.1) is 0 Å². The summed E-state index contributed by atoms with van der Waals surface area (Å²) in [5.41, 5.74) is 2.58. The molecule has 3 rings (SSSR count). The molecule has 1 aliphatic rings. The number of carbonyl (C=O) groups is 2. The van der Waals surface area contributed by atoms with Gasteiger partial charge in [-0.1, -0.05) is 19.1 Å². The third kappa shape index (κ3) is 5.41. The van der Waals surface area contributed by atoms with Crippen molar-refractivity contribution in [2.75, 3.05) is 25.0 Å². The second-order valence-corrected chi connectivity index (χ2v) is 7.68. The van der Waals surface area contributed by atoms with Crippen molar-refractivity contribution >= 4 is 28.8 Å². The van der Waals surface area contributed by atoms with Crippen LogP contribution in [0.3, 0.4) is 0 Å². The molecule has 0 saturated carbocycles. The van der Waals surface area contributed by atoms with E-state index in [1.165, 1.54) is 29.7 Å². The fraction of sp³-hybridized carbons (Fsp3) is 0.400. The molecule has 1 aliphatic heterocycles. The molecule has 2 heterocycles. The molecule has 1 aromatic heterocycles. The number of nitrogens with one attached hydrogen (secondary N) is 2. The standard InChI is InChI=1S/C20H25N3O2S/c1-15-6-9-23(10-7-15)13-16-2-4-18(5-3-16)22-19(24)12-21-20(25)17-8-11-26-14-17/h2-5,8,11,14-15H,6-7,9-10,12-13H2,1H3,(H,21,25)(H,22,24). The second-order valence-electron chi connectivity index (χ2n) is 6.90. The molecule has 1 fully saturated rings. The van der Waals surface area contributed by atoms with Crippen LogP contribution in [0.25, 0.3) is 0 Å². The minimum Gasteiger partial charge on any atom is -0.343 e. The van der Waals surface area contributed by atoms with Crippen molar-refractivity contribution in [3.05, 3.63) is 52.2 Å². The molecule has 0 unspecified atom stereocenters. The van der Waals surface area contributed by atoms with Gasteiger partial charge in [0, 0.05) is 23.2 Å². The predicted molar refractivity (Wildman–Crippen MR) is 105 cm³/mol. The number of rotatable bonds is 6. The summed E-state index contributed by atoms with van der Waals surface area (Å²) >= 11 is 1.45. The summed E-state index contributed by atoms with van der Waals surface area (Å²) in [6.45, 7) is 5.55. The molecule has 0 radical (unpaired) electrons. The smallest absolute Gasteiger partial charge is 0.252 e. The van der Waals surface area contributed by atoms with Gasteiger partial charge in [0.25, 0.3) is 5.91 Å². The molecule has 0 atom stereocenters. The van der Waals surface area contributed by atoms with Crippen LogP contribution in [0.2, 0.25) is 0 Å². The highest BCUT2D eigenvalue weighted by Crippen LogP contribution is 2.19. The highest BCUT2D eigenvalue weighted by molar-refractivity contribution is 7.08. The first-order valence-corrected chi connectivity index (χ1v) is 9.96. The van der Waals surface area contributed by atoms with Gasteiger partial charge in [-0.25, -0.2) is 0 Å². The Kier molecular flexibility index (Phi) is 6.41. The third-order valence-electron chi connectivity index (χ3n) is 4.71. The first-order chi connectivity index (χ1) is 12.6. The van der Waals surface area contributed by atoms with E-state index >= 15 is 0 Å². The fourth-order valence-electron chi connectivity index (χ4n) is 3.03. The lowest BCUT2D eigenvalue weighted by Gasteiger charge is -2.30. The van der Waals surface area contributed by atoms with Gasteiger partial charge in [-0.2, -0.15) is 11.3 Å². The van der Waals surface area contributed by atoms with Crippen molar-refractivity contribution in [3.8, 4) is 0 Å². The normalized spacial score (nSPS) is 15.6. The van der Waals surface area contributed by atoms with Crippen molar-refractivity contribution in [1.82, 2.24) is 10.2 Å². The first kappa shape index (κ1) is 18.6. The Hall–Kier alpha value is -2.18. The van der Waals surface area contributed by atoms with E-state index in [1.54, 1.807) is 11.4 Å². The Balaban J connectivity index is 1.43. The summed E-state index contributed by atoms with van der Waals surface area (Å²) in [4.78, 5) is 26.3. The number of likely N-dealkylation sites (tertiary alicyclic amines) is 1. The van der Waals surface area contributed by atoms with Crippen molar-refractivity contribution < 1.29 is 9.59 Å². The number of anilines is 1. The number of benzene rings is 1. The molecular weight excluding hydrogens is 346 g/mol. The Morgan fingerprint density at radius 2 is 1.88 bits per heavy atom. The van der Waals surface area contributed by atoms with E-state index in [0.29, 0.717) is 5.56 Å². The topological polar surface area (TPSA) is 61.4 Å². The van der Waals surface area contributed by atoms with Crippen LogP contribution in [0.5, 0.6) is 0 Å². The Morgan fingerprint density at radius 1 is 1.15 bits per heavy atom. The maximum Gasteiger partial charge on any atom is 0.252 e. The summed E-state index contributed by atoms with van der Waals surface area (Å²) in [5.74, 6) is 0.378. The lowest BCUT2D eigenvalue weighted by atomic mass is 9.99. The summed E-state index contributed by atoms with van der Waals surface area (Å²) in [6.07, 6.45) is 2.54. The minimum atomic E-state index is -0.230. The molecule has 0 bridgehead atoms. The van der Waals surface area contributed by atoms with Gasteiger partial charge in [-0.3, -0.25) is 14.5 Å². The molecule has 5 nitrogen and oxygen atoms in total. The van der Waals surface area contributed by atoms with E-state index in [-0.39, 0.29) is 18.4 Å². The van der Waals surface area contributed by atoms with Gasteiger partial charge in [-0.05, 0) is 61.0 Å². The van der Waals surface area contributed by atoms with Gasteiger partial charge in [0.15, 0.2) is 0 Å². The first-order valence-electron chi connectivity index (χ1n) is 9.01. The van der Waals surface area contributed by atoms with Crippen LogP contribution in [-0.2, 0) is 11.3 Å². The zero-order chi connectivity index (χ0) is 18.4. The quantitative estimate of drug-likeness (QED) is 0.819. The van der Waals surface area contributed by atoms with E-state index in [9.17, 15) is 9.59 Å². The Morgan fingerprint density at radius 3 is 2.54 bits per heavy atom. The van der Waals surface area contributed by atoms with Crippen LogP contribution in [0.4, 0.5) is 5.69 Å². The number of amides is 2. The molecule has 1 saturated heterocycles. The van der Waals surface area contributed by atoms with Crippen LogP contribution in [0.1, 0.15) is 35.7 Å². The predicted octanol–water partition coefficient (Wildman–Crippen LogP) is 3.35. The minimum absolute atomic E-state index is 0.0393. The number of hydrogen-bond acceptors (Lipinski definition) is 4. The van der Waals surface area contributed by atoms with Gasteiger partial charge in [0.1, 0.15) is 0 Å². The number of piperidine rings is 1. The third-order valence-corrected chi connectivity index (χ3v) is 5.40. The maximum atomic E-state index is 12.0. The number of hydrogen-bond donors (Lipinski definition) is 2. The molecular formula is C20H25N3O2S. The highest BCUT2D eigenvalue weighted by Gasteiger charge is 2.15. The van der Waals surface area contributed by atoms with Gasteiger partial charge >= 0.3 is 0 Å². The van der Waals surface area contributed by atoms with Gasteiger partial charge < -0.3 is 10.6 Å². The van der Waals surface area contributed by atoms with Crippen molar-refractivity contribution in [2.24, 2.45) is 5.92 Å². The fourth-order valence-corrected chi connectivity index (χ4v) is 3.67. The highest BCUT2D eigenvalue weighted by atomic mass is 32.1. The zero-order valence-electron chi connectivity index (χ0n) is 15.0. The molecule has 0 spiro atoms. The Bertz CT molecular complexity index is 720. The van der Waals surface area contributed by atoms with Crippen LogP contribution < -0.4 is 10.6 Å². The Labute approximate surface area is 158 Å². The summed E-state index contributed by atoms with van der Waals surface area (Å²) in [7, 11) is 0. The van der Waals surface area contributed by atoms with Crippen LogP contribution in [-0.4, -0.2) is 36.3 Å². The average molecular weight is 372 g/mol. The second kappa shape index (κ2) is 8.96. The van der Waals surface area contributed by atoms with E-state index in [4.69, 9.17) is 0 Å². The number of thiophene rings is 1. The molecule has 138 valence electrons. The maximum absolute atomic E-state index is 12.0. The number of carbonyl (C=O) groups excluding carboxylic acids is 2. The summed E-state index contributed by atoms with van der Waals surface area (Å²) in [6, 6.07) is 9.68. The van der Waals surface area contributed by atoms with Crippen molar-refractivity contribution in [3.63, 3.8) is 0 Å². The average Bonchev–Trinajstić information content (AvgIpc) is 3.18. The monoisotopic (exact) mass is 371 g/mol. The van der Waals surface area contributed by atoms with E-state index in [1.807, 2.05) is 17.5 Å². The SMILES string of the molecule is CC1CCN(Cc2ccc(NC(=O)CNC(=O)c3ccsc3)cc2)CC1. The van der Waals surface area contributed by atoms with Crippen LogP contribution >= 0.6 is 11.3 Å². The largest absolute Gasteiger partial charge is 0.343 e. The molecule has 26 heavy (non-hydrogen) atoms. The molecule has 2 aromatic rings. The van der Waals surface area contributed by atoms with Crippen LogP contribution in [0.15, 0.2) is 41.1 Å². The zero-order valence-corrected chi connectivity index (χ0v) is 15.8. The van der Waals surface area contributed by atoms with Crippen molar-refractivity contribution in [1.29, 1.82) is 0 Å². The van der Waals surface area contributed by atoms with Crippen LogP contribution in [0, 0.1) is 5.92 Å². The number of nitrogens with zero attached hydrogens (tertiary/aromatic N) is 1. The lowest BCUT2D eigenvalue weighted by molar-refractivity contribution is -0.115. The molecule has 2 amide bonds. The van der Waals surface area contributed by atoms with E-state index in [2.05, 4.69) is 34.6 Å². The molecule has 2 N–H and O–H groups in total. The van der Waals surface area contributed by atoms with Gasteiger partial charge in [0.2, 0.25) is 5.91 Å². The summed E-state index contributed by atoms with van der Waals surface area (Å²) in [5, 5.41) is 9.03. The molecule has 1 aromatic carbocycles. The van der Waals surface area contributed by atoms with Gasteiger partial charge in [0.05, 0.1) is 6.54 Å². The molecule has 0 aliphatic carbocycles. The molecule has 6 heteroatoms. The lowest BCUT2D eigenvalue weighted by Crippen LogP contribution is -2.32. The van der Waals surface area contributed by atoms with E-state index in [0.717, 1.165) is 31.2 Å². The van der Waals surface area contributed by atoms with E-state index < -0.39 is 0 Å².